The van der Waals surface area contributed by atoms with Crippen LogP contribution in [0.1, 0.15) is 33.4 Å². The molecule has 1 aromatic heterocycles. The van der Waals surface area contributed by atoms with Crippen molar-refractivity contribution in [1.29, 1.82) is 0 Å². The van der Waals surface area contributed by atoms with Gasteiger partial charge in [0.25, 0.3) is 0 Å². The molecule has 0 saturated heterocycles. The van der Waals surface area contributed by atoms with Gasteiger partial charge in [0, 0.05) is 0 Å². The molecular weight excluding hydrogens is 264 g/mol. The van der Waals surface area contributed by atoms with Gasteiger partial charge in [-0.3, -0.25) is 0 Å². The average molecular weight is 279 g/mol. The lowest BCUT2D eigenvalue weighted by atomic mass is 10.0. The molecule has 0 spiro atoms. The van der Waals surface area contributed by atoms with Gasteiger partial charge in [-0.05, 0) is 47.4 Å². The normalized spacial score (nSPS) is 15.4. The van der Waals surface area contributed by atoms with Crippen molar-refractivity contribution in [3.05, 3.63) is 51.2 Å². The van der Waals surface area contributed by atoms with Crippen LogP contribution >= 0.6 is 22.9 Å². The number of benzene rings is 1. The predicted octanol–water partition coefficient (Wildman–Crippen LogP) is 4.57. The monoisotopic (exact) mass is 278 g/mol. The molecular formula is C15H15ClOS. The predicted molar refractivity (Wildman–Crippen MR) is 77.0 cm³/mol. The third-order valence-electron chi connectivity index (χ3n) is 3.52. The van der Waals surface area contributed by atoms with E-state index in [9.17, 15) is 0 Å². The summed E-state index contributed by atoms with van der Waals surface area (Å²) in [6, 6.07) is 8.62. The first-order valence-electron chi connectivity index (χ1n) is 6.16. The largest absolute Gasteiger partial charge is 0.496 e. The molecule has 0 saturated carbocycles. The summed E-state index contributed by atoms with van der Waals surface area (Å²) in [4.78, 5) is 1.09. The Bertz CT molecular complexity index is 561. The maximum absolute atomic E-state index is 6.59. The summed E-state index contributed by atoms with van der Waals surface area (Å²) in [5.41, 5.74) is 4.13. The van der Waals surface area contributed by atoms with Crippen LogP contribution in [0.2, 0.25) is 0 Å². The second kappa shape index (κ2) is 4.94. The smallest absolute Gasteiger partial charge is 0.134 e. The van der Waals surface area contributed by atoms with Crippen molar-refractivity contribution >= 4 is 22.9 Å². The number of hydrogen-bond donors (Lipinski definition) is 0. The molecule has 0 fully saturated rings. The minimum atomic E-state index is -0.106. The van der Waals surface area contributed by atoms with E-state index in [-0.39, 0.29) is 5.38 Å². The Morgan fingerprint density at radius 1 is 1.22 bits per heavy atom. The Balaban J connectivity index is 1.95. The van der Waals surface area contributed by atoms with Gasteiger partial charge in [-0.1, -0.05) is 18.2 Å². The first kappa shape index (κ1) is 12.1. The number of fused-ring (bicyclic) bond motifs is 1. The highest BCUT2D eigenvalue weighted by molar-refractivity contribution is 7.10. The molecule has 3 rings (SSSR count). The summed E-state index contributed by atoms with van der Waals surface area (Å²) < 4.78 is 5.35. The highest BCUT2D eigenvalue weighted by atomic mass is 35.5. The molecule has 94 valence electrons. The van der Waals surface area contributed by atoms with Crippen molar-refractivity contribution < 1.29 is 4.74 Å². The zero-order valence-electron chi connectivity index (χ0n) is 10.3. The van der Waals surface area contributed by atoms with Crippen LogP contribution in [0.5, 0.6) is 5.75 Å². The maximum Gasteiger partial charge on any atom is 0.134 e. The number of rotatable bonds is 3. The molecule has 0 aliphatic heterocycles. The minimum absolute atomic E-state index is 0.106. The highest BCUT2D eigenvalue weighted by Gasteiger charge is 2.19. The first-order chi connectivity index (χ1) is 8.79. The molecule has 1 atom stereocenters. The van der Waals surface area contributed by atoms with Crippen LogP contribution in [0.4, 0.5) is 0 Å². The van der Waals surface area contributed by atoms with E-state index in [2.05, 4.69) is 18.2 Å². The lowest BCUT2D eigenvalue weighted by Crippen LogP contribution is -1.95. The zero-order valence-corrected chi connectivity index (χ0v) is 11.9. The third-order valence-corrected chi connectivity index (χ3v) is 5.09. The molecule has 1 unspecified atom stereocenters. The minimum Gasteiger partial charge on any atom is -0.496 e. The van der Waals surface area contributed by atoms with Crippen LogP contribution in [0.25, 0.3) is 0 Å². The molecule has 1 aromatic carbocycles. The Morgan fingerprint density at radius 3 is 2.89 bits per heavy atom. The van der Waals surface area contributed by atoms with Crippen LogP contribution in [-0.2, 0) is 12.8 Å². The van der Waals surface area contributed by atoms with Gasteiger partial charge in [0.15, 0.2) is 0 Å². The number of alkyl halides is 1. The van der Waals surface area contributed by atoms with E-state index in [1.54, 1.807) is 18.4 Å². The fourth-order valence-corrected chi connectivity index (χ4v) is 3.82. The standard InChI is InChI=1S/C15H15ClOS/c1-17-13-7-8-18-15(13)14(16)12-6-5-10-3-2-4-11(10)9-12/h5-9,14H,2-4H2,1H3. The van der Waals surface area contributed by atoms with Gasteiger partial charge < -0.3 is 4.74 Å². The molecule has 0 bridgehead atoms. The fourth-order valence-electron chi connectivity index (χ4n) is 2.56. The van der Waals surface area contributed by atoms with Gasteiger partial charge in [-0.15, -0.1) is 22.9 Å². The first-order valence-corrected chi connectivity index (χ1v) is 7.48. The molecule has 3 heteroatoms. The molecule has 0 amide bonds. The van der Waals surface area contributed by atoms with E-state index in [1.165, 1.54) is 36.0 Å². The Kier molecular flexibility index (Phi) is 3.31. The van der Waals surface area contributed by atoms with Crippen LogP contribution in [0.15, 0.2) is 29.6 Å². The van der Waals surface area contributed by atoms with Crippen molar-refractivity contribution in [2.24, 2.45) is 0 Å². The summed E-state index contributed by atoms with van der Waals surface area (Å²) in [6.07, 6.45) is 3.67. The average Bonchev–Trinajstić information content (AvgIpc) is 3.05. The second-order valence-electron chi connectivity index (χ2n) is 4.60. The van der Waals surface area contributed by atoms with E-state index in [4.69, 9.17) is 16.3 Å². The van der Waals surface area contributed by atoms with Gasteiger partial charge in [0.1, 0.15) is 5.75 Å². The van der Waals surface area contributed by atoms with Crippen molar-refractivity contribution in [2.45, 2.75) is 24.6 Å². The maximum atomic E-state index is 6.59. The van der Waals surface area contributed by atoms with Crippen molar-refractivity contribution in [3.8, 4) is 5.75 Å². The number of halogens is 1. The Morgan fingerprint density at radius 2 is 2.06 bits per heavy atom. The van der Waals surface area contributed by atoms with E-state index in [1.807, 2.05) is 11.4 Å². The fraction of sp³-hybridized carbons (Fsp3) is 0.333. The van der Waals surface area contributed by atoms with E-state index in [0.717, 1.165) is 10.6 Å². The molecule has 2 aromatic rings. The topological polar surface area (TPSA) is 9.23 Å². The lowest BCUT2D eigenvalue weighted by Gasteiger charge is -2.12. The van der Waals surface area contributed by atoms with Crippen molar-refractivity contribution in [3.63, 3.8) is 0 Å². The summed E-state index contributed by atoms with van der Waals surface area (Å²) in [6.45, 7) is 0. The van der Waals surface area contributed by atoms with Crippen molar-refractivity contribution in [2.75, 3.05) is 7.11 Å². The van der Waals surface area contributed by atoms with Crippen molar-refractivity contribution in [1.82, 2.24) is 0 Å². The van der Waals surface area contributed by atoms with Crippen LogP contribution in [-0.4, -0.2) is 7.11 Å². The van der Waals surface area contributed by atoms with Gasteiger partial charge in [-0.25, -0.2) is 0 Å². The molecule has 1 heterocycles. The summed E-state index contributed by atoms with van der Waals surface area (Å²) >= 11 is 8.24. The molecule has 1 nitrogen and oxygen atoms in total. The summed E-state index contributed by atoms with van der Waals surface area (Å²) in [7, 11) is 1.69. The van der Waals surface area contributed by atoms with Gasteiger partial charge >= 0.3 is 0 Å². The molecule has 0 radical (unpaired) electrons. The molecule has 1 aliphatic carbocycles. The zero-order chi connectivity index (χ0) is 12.5. The number of methoxy groups -OCH3 is 1. The summed E-state index contributed by atoms with van der Waals surface area (Å²) in [5, 5.41) is 1.92. The van der Waals surface area contributed by atoms with Crippen LogP contribution in [0.3, 0.4) is 0 Å². The third kappa shape index (κ3) is 2.04. The van der Waals surface area contributed by atoms with Gasteiger partial charge in [0.05, 0.1) is 17.4 Å². The van der Waals surface area contributed by atoms with Gasteiger partial charge in [-0.2, -0.15) is 0 Å². The number of thiophene rings is 1. The Hall–Kier alpha value is -0.990. The molecule has 18 heavy (non-hydrogen) atoms. The van der Waals surface area contributed by atoms with E-state index < -0.39 is 0 Å². The number of ether oxygens (including phenoxy) is 1. The summed E-state index contributed by atoms with van der Waals surface area (Å²) in [5.74, 6) is 0.889. The van der Waals surface area contributed by atoms with E-state index in [0.29, 0.717) is 0 Å². The quantitative estimate of drug-likeness (QED) is 0.747. The lowest BCUT2D eigenvalue weighted by molar-refractivity contribution is 0.413. The van der Waals surface area contributed by atoms with Crippen LogP contribution < -0.4 is 4.74 Å². The van der Waals surface area contributed by atoms with Crippen LogP contribution in [0, 0.1) is 0 Å². The Labute approximate surface area is 116 Å². The SMILES string of the molecule is COc1ccsc1C(Cl)c1ccc2c(c1)CCC2. The van der Waals surface area contributed by atoms with E-state index >= 15 is 0 Å². The number of aryl methyl sites for hydroxylation is 2. The number of hydrogen-bond acceptors (Lipinski definition) is 2. The molecule has 1 aliphatic rings. The second-order valence-corrected chi connectivity index (χ2v) is 5.98. The molecule has 0 N–H and O–H groups in total. The highest BCUT2D eigenvalue weighted by Crippen LogP contribution is 2.40. The van der Waals surface area contributed by atoms with Gasteiger partial charge in [0.2, 0.25) is 0 Å².